The summed E-state index contributed by atoms with van der Waals surface area (Å²) in [6.07, 6.45) is 3.01. The summed E-state index contributed by atoms with van der Waals surface area (Å²) in [5, 5.41) is 15.5. The van der Waals surface area contributed by atoms with Gasteiger partial charge in [0.15, 0.2) is 0 Å². The Balaban J connectivity index is 1.39. The highest BCUT2D eigenvalue weighted by molar-refractivity contribution is 6.07. The number of halogens is 3. The Bertz CT molecular complexity index is 1530. The number of nitrogens with zero attached hydrogens (tertiary/aromatic N) is 3. The van der Waals surface area contributed by atoms with Crippen LogP contribution < -0.4 is 16.0 Å². The van der Waals surface area contributed by atoms with E-state index in [1.54, 1.807) is 30.6 Å². The van der Waals surface area contributed by atoms with E-state index in [-0.39, 0.29) is 46.4 Å². The lowest BCUT2D eigenvalue weighted by Crippen LogP contribution is -2.23. The Morgan fingerprint density at radius 3 is 2.15 bits per heavy atom. The maximum absolute atomic E-state index is 13.6. The summed E-state index contributed by atoms with van der Waals surface area (Å²) in [6, 6.07) is 15.2. The van der Waals surface area contributed by atoms with Gasteiger partial charge in [-0.25, -0.2) is 4.98 Å². The van der Waals surface area contributed by atoms with Crippen LogP contribution in [0.4, 0.5) is 24.7 Å². The molecule has 3 heterocycles. The lowest BCUT2D eigenvalue weighted by molar-refractivity contribution is -0.0901. The number of carbonyl (C=O) groups excluding carboxylic acids is 2. The number of rotatable bonds is 9. The number of benzene rings is 1. The number of anilines is 2. The molecule has 2 amide bonds. The van der Waals surface area contributed by atoms with E-state index >= 15 is 0 Å². The van der Waals surface area contributed by atoms with Crippen LogP contribution in [-0.2, 0) is 6.54 Å². The minimum atomic E-state index is -4.77. The van der Waals surface area contributed by atoms with Crippen molar-refractivity contribution >= 4 is 29.0 Å². The molecule has 0 aliphatic carbocycles. The molecule has 0 unspecified atom stereocenters. The first-order valence-corrected chi connectivity index (χ1v) is 11.8. The van der Waals surface area contributed by atoms with Crippen molar-refractivity contribution in [3.8, 4) is 0 Å². The predicted octanol–water partition coefficient (Wildman–Crippen LogP) is 4.98. The lowest BCUT2D eigenvalue weighted by Gasteiger charge is -2.15. The second kappa shape index (κ2) is 12.4. The molecule has 0 fully saturated rings. The van der Waals surface area contributed by atoms with Gasteiger partial charge < -0.3 is 21.4 Å². The highest BCUT2D eigenvalue weighted by Crippen LogP contribution is 2.27. The minimum absolute atomic E-state index is 0.00662. The fourth-order valence-corrected chi connectivity index (χ4v) is 3.41. The lowest BCUT2D eigenvalue weighted by atomic mass is 10.1. The van der Waals surface area contributed by atoms with Crippen LogP contribution in [0.2, 0.25) is 0 Å². The van der Waals surface area contributed by atoms with Crippen molar-refractivity contribution in [1.29, 1.82) is 5.41 Å². The number of hydrogen-bond donors (Lipinski definition) is 4. The molecule has 202 valence electrons. The third kappa shape index (κ3) is 7.57. The number of alkyl halides is 3. The van der Waals surface area contributed by atoms with E-state index in [9.17, 15) is 22.8 Å². The standard InChI is InChI=1S/C28H22F3N7O2/c29-28(30,31)24(13-23(32)21-7-3-11-34-16-21)37-22-8-9-25(35-17-22)38-27(40)20-6-1-5-19(12-20)26(39)36-15-18-4-2-10-33-14-18/h1-14,16-17,32,37H,15H2,(H,36,39)(H,35,38,40)/b24-13-,32-23?. The summed E-state index contributed by atoms with van der Waals surface area (Å²) < 4.78 is 40.8. The highest BCUT2D eigenvalue weighted by Gasteiger charge is 2.34. The molecular formula is C28H22F3N7O2. The second-order valence-corrected chi connectivity index (χ2v) is 8.35. The minimum Gasteiger partial charge on any atom is -0.350 e. The molecule has 9 nitrogen and oxygen atoms in total. The number of aromatic nitrogens is 3. The molecule has 40 heavy (non-hydrogen) atoms. The largest absolute Gasteiger partial charge is 0.431 e. The Morgan fingerprint density at radius 1 is 0.825 bits per heavy atom. The van der Waals surface area contributed by atoms with Crippen LogP contribution in [0.1, 0.15) is 31.8 Å². The topological polar surface area (TPSA) is 133 Å². The van der Waals surface area contributed by atoms with Gasteiger partial charge >= 0.3 is 6.18 Å². The molecule has 0 radical (unpaired) electrons. The van der Waals surface area contributed by atoms with E-state index in [1.165, 1.54) is 48.8 Å². The first-order valence-electron chi connectivity index (χ1n) is 11.8. The van der Waals surface area contributed by atoms with E-state index in [2.05, 4.69) is 30.9 Å². The number of carbonyl (C=O) groups is 2. The van der Waals surface area contributed by atoms with Crippen molar-refractivity contribution in [2.24, 2.45) is 0 Å². The molecule has 0 spiro atoms. The van der Waals surface area contributed by atoms with Crippen molar-refractivity contribution in [1.82, 2.24) is 20.3 Å². The summed E-state index contributed by atoms with van der Waals surface area (Å²) >= 11 is 0. The zero-order valence-corrected chi connectivity index (χ0v) is 20.7. The van der Waals surface area contributed by atoms with E-state index in [0.29, 0.717) is 6.08 Å². The first-order chi connectivity index (χ1) is 19.2. The first kappa shape index (κ1) is 27.6. The van der Waals surface area contributed by atoms with Crippen LogP contribution in [0.15, 0.2) is 103 Å². The van der Waals surface area contributed by atoms with Gasteiger partial charge in [-0.15, -0.1) is 0 Å². The van der Waals surface area contributed by atoms with Gasteiger partial charge in [0, 0.05) is 48.0 Å². The average molecular weight is 546 g/mol. The Kier molecular flexibility index (Phi) is 8.59. The smallest absolute Gasteiger partial charge is 0.350 e. The molecule has 12 heteroatoms. The predicted molar refractivity (Wildman–Crippen MR) is 143 cm³/mol. The molecule has 0 bridgehead atoms. The molecule has 0 aliphatic heterocycles. The van der Waals surface area contributed by atoms with Crippen molar-refractivity contribution in [2.75, 3.05) is 10.6 Å². The van der Waals surface area contributed by atoms with Gasteiger partial charge in [-0.1, -0.05) is 12.1 Å². The summed E-state index contributed by atoms with van der Waals surface area (Å²) in [5.41, 5.74) is -0.0543. The molecule has 0 saturated carbocycles. The highest BCUT2D eigenvalue weighted by atomic mass is 19.4. The van der Waals surface area contributed by atoms with Crippen LogP contribution in [0.25, 0.3) is 0 Å². The summed E-state index contributed by atoms with van der Waals surface area (Å²) in [4.78, 5) is 37.0. The van der Waals surface area contributed by atoms with Gasteiger partial charge in [0.2, 0.25) is 0 Å². The van der Waals surface area contributed by atoms with Crippen LogP contribution in [0.3, 0.4) is 0 Å². The molecule has 0 aliphatic rings. The van der Waals surface area contributed by atoms with Crippen molar-refractivity contribution in [3.63, 3.8) is 0 Å². The maximum atomic E-state index is 13.6. The van der Waals surface area contributed by atoms with Crippen LogP contribution in [0, 0.1) is 5.41 Å². The number of amides is 2. The monoisotopic (exact) mass is 545 g/mol. The molecule has 0 saturated heterocycles. The van der Waals surface area contributed by atoms with Crippen LogP contribution in [0.5, 0.6) is 0 Å². The molecule has 1 aromatic carbocycles. The third-order valence-electron chi connectivity index (χ3n) is 5.41. The van der Waals surface area contributed by atoms with Gasteiger partial charge in [-0.05, 0) is 60.2 Å². The third-order valence-corrected chi connectivity index (χ3v) is 5.41. The summed E-state index contributed by atoms with van der Waals surface area (Å²) in [5.74, 6) is -0.851. The molecule has 0 atom stereocenters. The van der Waals surface area contributed by atoms with Crippen molar-refractivity contribution in [2.45, 2.75) is 12.7 Å². The Morgan fingerprint density at radius 2 is 1.52 bits per heavy atom. The number of nitrogens with one attached hydrogen (secondary N) is 4. The fourth-order valence-electron chi connectivity index (χ4n) is 3.41. The molecule has 4 rings (SSSR count). The van der Waals surface area contributed by atoms with Gasteiger partial charge in [0.05, 0.1) is 17.6 Å². The number of pyridine rings is 3. The normalized spacial score (nSPS) is 11.4. The Labute approximate surface area is 226 Å². The van der Waals surface area contributed by atoms with Crippen molar-refractivity contribution in [3.05, 3.63) is 126 Å². The van der Waals surface area contributed by atoms with E-state index in [1.807, 2.05) is 6.07 Å². The summed E-state index contributed by atoms with van der Waals surface area (Å²) in [6.45, 7) is 0.267. The average Bonchev–Trinajstić information content (AvgIpc) is 2.97. The van der Waals surface area contributed by atoms with Crippen LogP contribution in [-0.4, -0.2) is 38.7 Å². The van der Waals surface area contributed by atoms with E-state index < -0.39 is 17.8 Å². The second-order valence-electron chi connectivity index (χ2n) is 8.35. The fraction of sp³-hybridized carbons (Fsp3) is 0.0714. The van der Waals surface area contributed by atoms with Gasteiger partial charge in [0.25, 0.3) is 11.8 Å². The SMILES string of the molecule is N=C(/C=C(\Nc1ccc(NC(=O)c2cccc(C(=O)NCc3cccnc3)c2)nc1)C(F)(F)F)c1cccnc1. The molecule has 3 aromatic heterocycles. The van der Waals surface area contributed by atoms with Gasteiger partial charge in [-0.2, -0.15) is 13.2 Å². The molecular weight excluding hydrogens is 523 g/mol. The van der Waals surface area contributed by atoms with Crippen LogP contribution >= 0.6 is 0 Å². The number of allylic oxidation sites excluding steroid dienone is 2. The quantitative estimate of drug-likeness (QED) is 0.219. The Hall–Kier alpha value is -5.39. The zero-order chi connectivity index (χ0) is 28.5. The van der Waals surface area contributed by atoms with Gasteiger partial charge in [-0.3, -0.25) is 19.6 Å². The van der Waals surface area contributed by atoms with Gasteiger partial charge in [0.1, 0.15) is 11.5 Å². The number of hydrogen-bond acceptors (Lipinski definition) is 7. The van der Waals surface area contributed by atoms with E-state index in [0.717, 1.165) is 11.8 Å². The molecule has 4 N–H and O–H groups in total. The van der Waals surface area contributed by atoms with Crippen molar-refractivity contribution < 1.29 is 22.8 Å². The maximum Gasteiger partial charge on any atom is 0.431 e. The zero-order valence-electron chi connectivity index (χ0n) is 20.7. The summed E-state index contributed by atoms with van der Waals surface area (Å²) in [7, 11) is 0. The molecule has 4 aromatic rings. The van der Waals surface area contributed by atoms with E-state index in [4.69, 9.17) is 5.41 Å².